The molecule has 100 valence electrons. The van der Waals surface area contributed by atoms with Crippen molar-refractivity contribution in [1.29, 1.82) is 0 Å². The summed E-state index contributed by atoms with van der Waals surface area (Å²) in [5.41, 5.74) is 0.0693. The molecule has 3 nitrogen and oxygen atoms in total. The number of carbonyl (C=O) groups is 1. The highest BCUT2D eigenvalue weighted by molar-refractivity contribution is 6.07. The van der Waals surface area contributed by atoms with Gasteiger partial charge in [-0.1, -0.05) is 43.3 Å². The number of aliphatic hydroxyl groups excluding tert-OH is 1. The van der Waals surface area contributed by atoms with Crippen molar-refractivity contribution >= 4 is 16.7 Å². The summed E-state index contributed by atoms with van der Waals surface area (Å²) >= 11 is 0. The number of hydrogen-bond acceptors (Lipinski definition) is 2. The maximum absolute atomic E-state index is 12.4. The zero-order valence-electron chi connectivity index (χ0n) is 11.3. The number of benzene rings is 2. The zero-order chi connectivity index (χ0) is 13.9. The number of hydrogen-bond donors (Lipinski definition) is 2. The summed E-state index contributed by atoms with van der Waals surface area (Å²) in [6, 6.07) is 13.5. The van der Waals surface area contributed by atoms with Crippen LogP contribution in [0.5, 0.6) is 0 Å². The Balaban J connectivity index is 2.37. The average molecular weight is 257 g/mol. The fourth-order valence-electron chi connectivity index (χ4n) is 2.00. The third-order valence-corrected chi connectivity index (χ3v) is 3.58. The third kappa shape index (κ3) is 2.76. The molecule has 2 aromatic carbocycles. The topological polar surface area (TPSA) is 49.3 Å². The Morgan fingerprint density at radius 2 is 1.89 bits per heavy atom. The first-order valence-corrected chi connectivity index (χ1v) is 6.51. The lowest BCUT2D eigenvalue weighted by Gasteiger charge is -2.27. The van der Waals surface area contributed by atoms with Crippen molar-refractivity contribution in [2.75, 3.05) is 6.61 Å². The largest absolute Gasteiger partial charge is 0.394 e. The molecule has 1 unspecified atom stereocenters. The predicted molar refractivity (Wildman–Crippen MR) is 77.2 cm³/mol. The molecule has 1 amide bonds. The SMILES string of the molecule is CCC(C)(CO)NC(=O)c1cccc2ccccc12. The van der Waals surface area contributed by atoms with Crippen molar-refractivity contribution in [2.45, 2.75) is 25.8 Å². The molecule has 0 saturated carbocycles. The van der Waals surface area contributed by atoms with Crippen LogP contribution in [0.2, 0.25) is 0 Å². The molecule has 0 aliphatic carbocycles. The van der Waals surface area contributed by atoms with Gasteiger partial charge in [0.1, 0.15) is 0 Å². The van der Waals surface area contributed by atoms with E-state index in [-0.39, 0.29) is 12.5 Å². The molecule has 0 aliphatic heterocycles. The van der Waals surface area contributed by atoms with Crippen LogP contribution in [0.3, 0.4) is 0 Å². The molecule has 2 aromatic rings. The predicted octanol–water partition coefficient (Wildman–Crippen LogP) is 2.73. The molecular formula is C16H19NO2. The first kappa shape index (κ1) is 13.6. The molecule has 0 aromatic heterocycles. The quantitative estimate of drug-likeness (QED) is 0.884. The van der Waals surface area contributed by atoms with Crippen molar-refractivity contribution in [1.82, 2.24) is 5.32 Å². The Morgan fingerprint density at radius 1 is 1.21 bits per heavy atom. The fourth-order valence-corrected chi connectivity index (χ4v) is 2.00. The molecule has 19 heavy (non-hydrogen) atoms. The van der Waals surface area contributed by atoms with Gasteiger partial charge in [-0.25, -0.2) is 0 Å². The molecule has 0 saturated heterocycles. The summed E-state index contributed by atoms with van der Waals surface area (Å²) in [6.45, 7) is 3.72. The highest BCUT2D eigenvalue weighted by Gasteiger charge is 2.24. The minimum Gasteiger partial charge on any atom is -0.394 e. The van der Waals surface area contributed by atoms with Crippen molar-refractivity contribution in [3.05, 3.63) is 48.0 Å². The summed E-state index contributed by atoms with van der Waals surface area (Å²) in [7, 11) is 0. The van der Waals surface area contributed by atoms with Crippen LogP contribution < -0.4 is 5.32 Å². The molecule has 0 bridgehead atoms. The Bertz CT molecular complexity index is 583. The highest BCUT2D eigenvalue weighted by Crippen LogP contribution is 2.19. The Hall–Kier alpha value is -1.87. The van der Waals surface area contributed by atoms with E-state index in [1.54, 1.807) is 0 Å². The lowest BCUT2D eigenvalue weighted by Crippen LogP contribution is -2.48. The molecule has 0 radical (unpaired) electrons. The fraction of sp³-hybridized carbons (Fsp3) is 0.312. The molecule has 0 heterocycles. The first-order chi connectivity index (χ1) is 9.09. The number of amides is 1. The van der Waals surface area contributed by atoms with Gasteiger partial charge in [0.05, 0.1) is 12.1 Å². The van der Waals surface area contributed by atoms with Crippen LogP contribution in [0.4, 0.5) is 0 Å². The van der Waals surface area contributed by atoms with Gasteiger partial charge in [-0.05, 0) is 30.2 Å². The lowest BCUT2D eigenvalue weighted by atomic mass is 9.98. The monoisotopic (exact) mass is 257 g/mol. The minimum absolute atomic E-state index is 0.0694. The van der Waals surface area contributed by atoms with Crippen LogP contribution in [0.25, 0.3) is 10.8 Å². The van der Waals surface area contributed by atoms with Gasteiger partial charge >= 0.3 is 0 Å². The molecule has 1 atom stereocenters. The summed E-state index contributed by atoms with van der Waals surface area (Å²) < 4.78 is 0. The van der Waals surface area contributed by atoms with Crippen LogP contribution in [0, 0.1) is 0 Å². The van der Waals surface area contributed by atoms with Crippen molar-refractivity contribution < 1.29 is 9.90 Å². The molecule has 0 spiro atoms. The summed E-state index contributed by atoms with van der Waals surface area (Å²) in [5.74, 6) is -0.143. The number of aliphatic hydroxyl groups is 1. The van der Waals surface area contributed by atoms with Gasteiger partial charge in [0.15, 0.2) is 0 Å². The Kier molecular flexibility index (Phi) is 3.86. The average Bonchev–Trinajstić information content (AvgIpc) is 2.46. The van der Waals surface area contributed by atoms with Gasteiger partial charge in [0, 0.05) is 5.56 Å². The first-order valence-electron chi connectivity index (χ1n) is 6.51. The van der Waals surface area contributed by atoms with Crippen LogP contribution in [0.1, 0.15) is 30.6 Å². The normalized spacial score (nSPS) is 14.1. The van der Waals surface area contributed by atoms with E-state index in [9.17, 15) is 9.90 Å². The second-order valence-electron chi connectivity index (χ2n) is 5.05. The van der Waals surface area contributed by atoms with Gasteiger partial charge in [-0.3, -0.25) is 4.79 Å². The second-order valence-corrected chi connectivity index (χ2v) is 5.05. The zero-order valence-corrected chi connectivity index (χ0v) is 11.3. The number of fused-ring (bicyclic) bond motifs is 1. The smallest absolute Gasteiger partial charge is 0.252 e. The van der Waals surface area contributed by atoms with Crippen molar-refractivity contribution in [3.63, 3.8) is 0 Å². The van der Waals surface area contributed by atoms with Crippen molar-refractivity contribution in [3.8, 4) is 0 Å². The van der Waals surface area contributed by atoms with Crippen LogP contribution in [0.15, 0.2) is 42.5 Å². The summed E-state index contributed by atoms with van der Waals surface area (Å²) in [6.07, 6.45) is 0.681. The van der Waals surface area contributed by atoms with Gasteiger partial charge in [0.2, 0.25) is 0 Å². The van der Waals surface area contributed by atoms with Crippen LogP contribution in [-0.4, -0.2) is 23.2 Å². The molecule has 3 heteroatoms. The van der Waals surface area contributed by atoms with Gasteiger partial charge in [-0.15, -0.1) is 0 Å². The molecule has 0 aliphatic rings. The van der Waals surface area contributed by atoms with Crippen LogP contribution in [-0.2, 0) is 0 Å². The molecule has 2 N–H and O–H groups in total. The van der Waals surface area contributed by atoms with E-state index < -0.39 is 5.54 Å². The van der Waals surface area contributed by atoms with Gasteiger partial charge in [0.25, 0.3) is 5.91 Å². The van der Waals surface area contributed by atoms with Crippen molar-refractivity contribution in [2.24, 2.45) is 0 Å². The standard InChI is InChI=1S/C16H19NO2/c1-3-16(2,11-18)17-15(19)14-10-6-8-12-7-4-5-9-13(12)14/h4-10,18H,3,11H2,1-2H3,(H,17,19). The van der Waals surface area contributed by atoms with E-state index in [0.717, 1.165) is 10.8 Å². The number of carbonyl (C=O) groups excluding carboxylic acids is 1. The summed E-state index contributed by atoms with van der Waals surface area (Å²) in [4.78, 5) is 12.4. The molecule has 2 rings (SSSR count). The van der Waals surface area contributed by atoms with E-state index in [2.05, 4.69) is 5.32 Å². The Morgan fingerprint density at radius 3 is 2.58 bits per heavy atom. The maximum atomic E-state index is 12.4. The third-order valence-electron chi connectivity index (χ3n) is 3.58. The molecular weight excluding hydrogens is 238 g/mol. The lowest BCUT2D eigenvalue weighted by molar-refractivity contribution is 0.0849. The van der Waals surface area contributed by atoms with Gasteiger partial charge < -0.3 is 10.4 Å². The van der Waals surface area contributed by atoms with E-state index in [1.165, 1.54) is 0 Å². The number of rotatable bonds is 4. The highest BCUT2D eigenvalue weighted by atomic mass is 16.3. The van der Waals surface area contributed by atoms with Crippen LogP contribution >= 0.6 is 0 Å². The summed E-state index contributed by atoms with van der Waals surface area (Å²) in [5, 5.41) is 14.3. The minimum atomic E-state index is -0.575. The maximum Gasteiger partial charge on any atom is 0.252 e. The van der Waals surface area contributed by atoms with E-state index in [1.807, 2.05) is 56.3 Å². The number of nitrogens with one attached hydrogen (secondary N) is 1. The van der Waals surface area contributed by atoms with Gasteiger partial charge in [-0.2, -0.15) is 0 Å². The Labute approximate surface area is 113 Å². The van der Waals surface area contributed by atoms with E-state index >= 15 is 0 Å². The van der Waals surface area contributed by atoms with E-state index in [0.29, 0.717) is 12.0 Å². The molecule has 0 fully saturated rings. The second kappa shape index (κ2) is 5.41. The van der Waals surface area contributed by atoms with E-state index in [4.69, 9.17) is 0 Å².